The van der Waals surface area contributed by atoms with E-state index in [1.165, 1.54) is 6.08 Å². The number of carbonyl (C=O) groups excluding carboxylic acids is 2. The molecule has 0 saturated heterocycles. The first kappa shape index (κ1) is 19.3. The van der Waals surface area contributed by atoms with E-state index in [0.29, 0.717) is 0 Å². The zero-order valence-electron chi connectivity index (χ0n) is 15.0. The second-order valence-corrected chi connectivity index (χ2v) is 6.46. The normalized spacial score (nSPS) is 10.6. The molecule has 0 fully saturated rings. The van der Waals surface area contributed by atoms with Crippen molar-refractivity contribution in [3.8, 4) is 0 Å². The number of thiocarbonyl (C=S) groups is 1. The zero-order valence-corrected chi connectivity index (χ0v) is 15.8. The van der Waals surface area contributed by atoms with E-state index in [2.05, 4.69) is 16.2 Å². The Morgan fingerprint density at radius 1 is 0.857 bits per heavy atom. The first-order valence-electron chi connectivity index (χ1n) is 8.71. The Morgan fingerprint density at radius 2 is 1.57 bits per heavy atom. The zero-order chi connectivity index (χ0) is 19.8. The van der Waals surface area contributed by atoms with Crippen LogP contribution in [0.15, 0.2) is 78.9 Å². The summed E-state index contributed by atoms with van der Waals surface area (Å²) in [7, 11) is 0. The average Bonchev–Trinajstić information content (AvgIpc) is 2.71. The van der Waals surface area contributed by atoms with E-state index >= 15 is 0 Å². The predicted octanol–water partition coefficient (Wildman–Crippen LogP) is 3.12. The maximum Gasteiger partial charge on any atom is 0.250 e. The minimum atomic E-state index is -0.386. The minimum absolute atomic E-state index is 0.0222. The van der Waals surface area contributed by atoms with Gasteiger partial charge in [0.15, 0.2) is 5.11 Å². The Labute approximate surface area is 168 Å². The van der Waals surface area contributed by atoms with Crippen LogP contribution in [0.3, 0.4) is 0 Å². The SMILES string of the molecule is O=C(C=Cc1cccc2ccccc12)NC(=S)NNC(=O)Cc1ccccc1. The number of carbonyl (C=O) groups is 2. The molecular formula is C22H19N3O2S. The number of rotatable bonds is 4. The van der Waals surface area contributed by atoms with Gasteiger partial charge in [-0.05, 0) is 40.2 Å². The highest BCUT2D eigenvalue weighted by Gasteiger charge is 2.05. The molecule has 0 radical (unpaired) electrons. The molecule has 0 aromatic heterocycles. The summed E-state index contributed by atoms with van der Waals surface area (Å²) in [6.07, 6.45) is 3.35. The molecule has 0 aliphatic rings. The molecule has 3 rings (SSSR count). The quantitative estimate of drug-likeness (QED) is 0.364. The summed E-state index contributed by atoms with van der Waals surface area (Å²) in [5.41, 5.74) is 6.81. The van der Waals surface area contributed by atoms with Crippen LogP contribution in [-0.4, -0.2) is 16.9 Å². The fraction of sp³-hybridized carbons (Fsp3) is 0.0455. The van der Waals surface area contributed by atoms with Crippen LogP contribution in [0.25, 0.3) is 16.8 Å². The Kier molecular flexibility index (Phi) is 6.49. The molecular weight excluding hydrogens is 370 g/mol. The lowest BCUT2D eigenvalue weighted by Crippen LogP contribution is -2.48. The number of amides is 2. The van der Waals surface area contributed by atoms with Crippen LogP contribution in [0.1, 0.15) is 11.1 Å². The van der Waals surface area contributed by atoms with Crippen molar-refractivity contribution >= 4 is 46.0 Å². The third kappa shape index (κ3) is 5.49. The predicted molar refractivity (Wildman–Crippen MR) is 115 cm³/mol. The van der Waals surface area contributed by atoms with Crippen molar-refractivity contribution in [2.45, 2.75) is 6.42 Å². The molecule has 28 heavy (non-hydrogen) atoms. The number of hydrazine groups is 1. The highest BCUT2D eigenvalue weighted by atomic mass is 32.1. The Hall–Kier alpha value is -3.51. The van der Waals surface area contributed by atoms with Crippen LogP contribution in [0.2, 0.25) is 0 Å². The maximum atomic E-state index is 12.1. The van der Waals surface area contributed by atoms with Gasteiger partial charge in [-0.2, -0.15) is 0 Å². The van der Waals surface area contributed by atoms with E-state index in [9.17, 15) is 9.59 Å². The van der Waals surface area contributed by atoms with Gasteiger partial charge >= 0.3 is 0 Å². The van der Waals surface area contributed by atoms with Crippen molar-refractivity contribution < 1.29 is 9.59 Å². The van der Waals surface area contributed by atoms with Gasteiger partial charge in [0.25, 0.3) is 0 Å². The first-order valence-corrected chi connectivity index (χ1v) is 9.12. The largest absolute Gasteiger partial charge is 0.298 e. The highest BCUT2D eigenvalue weighted by molar-refractivity contribution is 7.80. The van der Waals surface area contributed by atoms with E-state index in [1.807, 2.05) is 72.8 Å². The molecule has 0 aliphatic carbocycles. The third-order valence-electron chi connectivity index (χ3n) is 4.00. The van der Waals surface area contributed by atoms with Crippen molar-refractivity contribution in [3.63, 3.8) is 0 Å². The van der Waals surface area contributed by atoms with E-state index in [4.69, 9.17) is 12.2 Å². The Morgan fingerprint density at radius 3 is 2.39 bits per heavy atom. The van der Waals surface area contributed by atoms with Crippen LogP contribution >= 0.6 is 12.2 Å². The first-order chi connectivity index (χ1) is 13.6. The lowest BCUT2D eigenvalue weighted by Gasteiger charge is -2.09. The molecule has 0 spiro atoms. The van der Waals surface area contributed by atoms with Crippen molar-refractivity contribution in [3.05, 3.63) is 90.0 Å². The summed E-state index contributed by atoms with van der Waals surface area (Å²) >= 11 is 5.03. The van der Waals surface area contributed by atoms with Crippen LogP contribution in [-0.2, 0) is 16.0 Å². The van der Waals surface area contributed by atoms with Gasteiger partial charge in [-0.25, -0.2) is 0 Å². The minimum Gasteiger partial charge on any atom is -0.298 e. The van der Waals surface area contributed by atoms with Gasteiger partial charge in [0.2, 0.25) is 11.8 Å². The number of fused-ring (bicyclic) bond motifs is 1. The highest BCUT2D eigenvalue weighted by Crippen LogP contribution is 2.19. The Bertz CT molecular complexity index is 1030. The topological polar surface area (TPSA) is 70.2 Å². The van der Waals surface area contributed by atoms with Crippen LogP contribution in [0, 0.1) is 0 Å². The molecule has 0 bridgehead atoms. The molecule has 0 saturated carbocycles. The maximum absolute atomic E-state index is 12.1. The van der Waals surface area contributed by atoms with Crippen molar-refractivity contribution in [2.75, 3.05) is 0 Å². The van der Waals surface area contributed by atoms with E-state index in [-0.39, 0.29) is 23.3 Å². The number of nitrogens with one attached hydrogen (secondary N) is 3. The van der Waals surface area contributed by atoms with E-state index in [0.717, 1.165) is 21.9 Å². The number of hydrogen-bond acceptors (Lipinski definition) is 3. The van der Waals surface area contributed by atoms with Crippen molar-refractivity contribution in [2.24, 2.45) is 0 Å². The molecule has 0 unspecified atom stereocenters. The summed E-state index contributed by atoms with van der Waals surface area (Å²) in [5.74, 6) is -0.642. The molecule has 6 heteroatoms. The second kappa shape index (κ2) is 9.43. The summed E-state index contributed by atoms with van der Waals surface area (Å²) in [6.45, 7) is 0. The lowest BCUT2D eigenvalue weighted by atomic mass is 10.0. The number of hydrogen-bond donors (Lipinski definition) is 3. The van der Waals surface area contributed by atoms with Gasteiger partial charge in [0, 0.05) is 6.08 Å². The molecule has 3 aromatic carbocycles. The van der Waals surface area contributed by atoms with Crippen LogP contribution < -0.4 is 16.2 Å². The molecule has 3 aromatic rings. The molecule has 140 valence electrons. The van der Waals surface area contributed by atoms with Gasteiger partial charge in [0.1, 0.15) is 0 Å². The smallest absolute Gasteiger partial charge is 0.250 e. The average molecular weight is 389 g/mol. The summed E-state index contributed by atoms with van der Waals surface area (Å²) in [5, 5.41) is 4.68. The Balaban J connectivity index is 1.49. The van der Waals surface area contributed by atoms with Gasteiger partial charge < -0.3 is 0 Å². The molecule has 0 heterocycles. The summed E-state index contributed by atoms with van der Waals surface area (Å²) < 4.78 is 0. The molecule has 0 aliphatic heterocycles. The molecule has 5 nitrogen and oxygen atoms in total. The van der Waals surface area contributed by atoms with Crippen LogP contribution in [0.4, 0.5) is 0 Å². The summed E-state index contributed by atoms with van der Waals surface area (Å²) in [6, 6.07) is 23.2. The molecule has 3 N–H and O–H groups in total. The van der Waals surface area contributed by atoms with Gasteiger partial charge in [-0.3, -0.25) is 25.8 Å². The number of benzene rings is 3. The summed E-state index contributed by atoms with van der Waals surface area (Å²) in [4.78, 5) is 23.9. The third-order valence-corrected chi connectivity index (χ3v) is 4.20. The second-order valence-electron chi connectivity index (χ2n) is 6.06. The standard InChI is InChI=1S/C22H19N3O2S/c26-20(14-13-18-11-6-10-17-9-4-5-12-19(17)18)23-22(28)25-24-21(27)15-16-7-2-1-3-8-16/h1-14H,15H2,(H,24,27)(H2,23,25,26,28). The molecule has 0 atom stereocenters. The molecule has 2 amide bonds. The van der Waals surface area contributed by atoms with Crippen molar-refractivity contribution in [1.29, 1.82) is 0 Å². The van der Waals surface area contributed by atoms with Gasteiger partial charge in [0.05, 0.1) is 6.42 Å². The fourth-order valence-electron chi connectivity index (χ4n) is 2.70. The lowest BCUT2D eigenvalue weighted by molar-refractivity contribution is -0.121. The van der Waals surface area contributed by atoms with Crippen LogP contribution in [0.5, 0.6) is 0 Å². The monoisotopic (exact) mass is 389 g/mol. The fourth-order valence-corrected chi connectivity index (χ4v) is 2.85. The van der Waals surface area contributed by atoms with E-state index < -0.39 is 0 Å². The van der Waals surface area contributed by atoms with Crippen molar-refractivity contribution in [1.82, 2.24) is 16.2 Å². The van der Waals surface area contributed by atoms with Gasteiger partial charge in [-0.1, -0.05) is 72.8 Å². The van der Waals surface area contributed by atoms with Gasteiger partial charge in [-0.15, -0.1) is 0 Å². The van der Waals surface area contributed by atoms with E-state index in [1.54, 1.807) is 6.08 Å².